The molecule has 0 saturated carbocycles. The van der Waals surface area contributed by atoms with Crippen LogP contribution in [0.15, 0.2) is 48.6 Å². The average molecular weight is 416 g/mol. The Kier molecular flexibility index (Phi) is 17.1. The minimum absolute atomic E-state index is 0.0235. The van der Waals surface area contributed by atoms with Gasteiger partial charge in [-0.15, -0.1) is 0 Å². The molecule has 0 fully saturated rings. The summed E-state index contributed by atoms with van der Waals surface area (Å²) in [6.45, 7) is 2.34. The van der Waals surface area contributed by atoms with Crippen molar-refractivity contribution < 1.29 is 23.1 Å². The van der Waals surface area contributed by atoms with Gasteiger partial charge in [-0.25, -0.2) is 0 Å². The van der Waals surface area contributed by atoms with Crippen molar-refractivity contribution >= 4 is 5.91 Å². The Morgan fingerprint density at radius 1 is 0.931 bits per heavy atom. The van der Waals surface area contributed by atoms with E-state index >= 15 is 0 Å². The second-order valence-electron chi connectivity index (χ2n) is 6.96. The first-order valence-corrected chi connectivity index (χ1v) is 10.4. The topological polar surface area (TPSA) is 49.3 Å². The number of amides is 1. The van der Waals surface area contributed by atoms with Gasteiger partial charge < -0.3 is 10.4 Å². The molecule has 0 heterocycles. The summed E-state index contributed by atoms with van der Waals surface area (Å²) < 4.78 is 36.1. The fourth-order valence-electron chi connectivity index (χ4n) is 2.48. The van der Waals surface area contributed by atoms with Crippen LogP contribution in [0.4, 0.5) is 13.2 Å². The quantitative estimate of drug-likeness (QED) is 0.239. The Balaban J connectivity index is 3.66. The SMILES string of the molecule is CC(/C=C\C/C=C\C/C=C\CCCC(=O)NCCO)/C=C\CCCCC(F)(F)F. The van der Waals surface area contributed by atoms with Crippen LogP contribution in [-0.2, 0) is 4.79 Å². The van der Waals surface area contributed by atoms with Gasteiger partial charge >= 0.3 is 6.18 Å². The van der Waals surface area contributed by atoms with Crippen molar-refractivity contribution in [3.8, 4) is 0 Å². The molecular formula is C23H36F3NO2. The molecule has 0 bridgehead atoms. The summed E-state index contributed by atoms with van der Waals surface area (Å²) in [6, 6.07) is 0. The minimum Gasteiger partial charge on any atom is -0.395 e. The lowest BCUT2D eigenvalue weighted by Crippen LogP contribution is -2.25. The van der Waals surface area contributed by atoms with Crippen LogP contribution in [-0.4, -0.2) is 30.3 Å². The van der Waals surface area contributed by atoms with Gasteiger partial charge in [-0.1, -0.05) is 55.5 Å². The highest BCUT2D eigenvalue weighted by Gasteiger charge is 2.25. The van der Waals surface area contributed by atoms with Gasteiger partial charge in [-0.2, -0.15) is 13.2 Å². The smallest absolute Gasteiger partial charge is 0.389 e. The van der Waals surface area contributed by atoms with E-state index < -0.39 is 12.6 Å². The fourth-order valence-corrected chi connectivity index (χ4v) is 2.48. The third kappa shape index (κ3) is 22.3. The van der Waals surface area contributed by atoms with E-state index in [0.717, 1.165) is 25.7 Å². The molecule has 0 rings (SSSR count). The predicted octanol–water partition coefficient (Wildman–Crippen LogP) is 6.03. The van der Waals surface area contributed by atoms with Crippen LogP contribution in [0, 0.1) is 5.92 Å². The van der Waals surface area contributed by atoms with Crippen LogP contribution in [0.5, 0.6) is 0 Å². The Morgan fingerprint density at radius 3 is 2.24 bits per heavy atom. The Bertz CT molecular complexity index is 523. The summed E-state index contributed by atoms with van der Waals surface area (Å²) in [5.41, 5.74) is 0. The molecule has 0 aromatic rings. The second kappa shape index (κ2) is 18.2. The number of hydrogen-bond donors (Lipinski definition) is 2. The van der Waals surface area contributed by atoms with Gasteiger partial charge in [0.2, 0.25) is 5.91 Å². The van der Waals surface area contributed by atoms with E-state index in [0.29, 0.717) is 25.8 Å². The fraction of sp³-hybridized carbons (Fsp3) is 0.609. The molecule has 1 atom stereocenters. The van der Waals surface area contributed by atoms with Gasteiger partial charge in [0, 0.05) is 19.4 Å². The maximum absolute atomic E-state index is 12.0. The van der Waals surface area contributed by atoms with Crippen molar-refractivity contribution in [3.63, 3.8) is 0 Å². The number of aliphatic hydroxyl groups excluding tert-OH is 1. The van der Waals surface area contributed by atoms with E-state index in [4.69, 9.17) is 5.11 Å². The second-order valence-corrected chi connectivity index (χ2v) is 6.96. The summed E-state index contributed by atoms with van der Waals surface area (Å²) >= 11 is 0. The van der Waals surface area contributed by atoms with Crippen molar-refractivity contribution in [2.45, 2.75) is 70.9 Å². The third-order valence-corrected chi connectivity index (χ3v) is 4.05. The van der Waals surface area contributed by atoms with Crippen molar-refractivity contribution in [1.29, 1.82) is 0 Å². The number of rotatable bonds is 16. The number of alkyl halides is 3. The Hall–Kier alpha value is -1.82. The molecule has 0 aromatic heterocycles. The number of carbonyl (C=O) groups excluding carboxylic acids is 1. The van der Waals surface area contributed by atoms with E-state index in [-0.39, 0.29) is 24.9 Å². The molecular weight excluding hydrogens is 379 g/mol. The molecule has 0 radical (unpaired) electrons. The average Bonchev–Trinajstić information content (AvgIpc) is 2.66. The summed E-state index contributed by atoms with van der Waals surface area (Å²) in [7, 11) is 0. The number of aliphatic hydroxyl groups is 1. The highest BCUT2D eigenvalue weighted by atomic mass is 19.4. The van der Waals surface area contributed by atoms with Crippen LogP contribution in [0.25, 0.3) is 0 Å². The first-order chi connectivity index (χ1) is 13.8. The van der Waals surface area contributed by atoms with Crippen molar-refractivity contribution in [3.05, 3.63) is 48.6 Å². The van der Waals surface area contributed by atoms with Gasteiger partial charge in [-0.05, 0) is 50.9 Å². The molecule has 2 N–H and O–H groups in total. The molecule has 0 saturated heterocycles. The van der Waals surface area contributed by atoms with Gasteiger partial charge in [-0.3, -0.25) is 4.79 Å². The third-order valence-electron chi connectivity index (χ3n) is 4.05. The van der Waals surface area contributed by atoms with E-state index in [2.05, 4.69) is 48.7 Å². The molecule has 3 nitrogen and oxygen atoms in total. The minimum atomic E-state index is -4.04. The maximum Gasteiger partial charge on any atom is 0.389 e. The molecule has 0 aromatic carbocycles. The zero-order valence-electron chi connectivity index (χ0n) is 17.5. The zero-order chi connectivity index (χ0) is 21.8. The monoisotopic (exact) mass is 415 g/mol. The molecule has 29 heavy (non-hydrogen) atoms. The summed E-state index contributed by atoms with van der Waals surface area (Å²) in [6.07, 6.45) is 17.1. The lowest BCUT2D eigenvalue weighted by Gasteiger charge is -2.04. The molecule has 0 aliphatic carbocycles. The van der Waals surface area contributed by atoms with E-state index in [1.165, 1.54) is 0 Å². The molecule has 166 valence electrons. The number of allylic oxidation sites excluding steroid dienone is 8. The predicted molar refractivity (Wildman–Crippen MR) is 113 cm³/mol. The number of nitrogens with one attached hydrogen (secondary N) is 1. The standard InChI is InChI=1S/C23H36F3NO2/c1-21(16-12-9-10-14-18-23(24,25)26)15-11-7-5-3-2-4-6-8-13-17-22(29)27-19-20-28/h3-6,11-12,15-16,21,28H,2,7-10,13-14,17-20H2,1H3,(H,27,29)/b5-3-,6-4-,15-11-,16-12-. The lowest BCUT2D eigenvalue weighted by molar-refractivity contribution is -0.135. The van der Waals surface area contributed by atoms with E-state index in [1.807, 2.05) is 12.2 Å². The molecule has 0 aliphatic heterocycles. The van der Waals surface area contributed by atoms with Crippen LogP contribution >= 0.6 is 0 Å². The zero-order valence-corrected chi connectivity index (χ0v) is 17.5. The van der Waals surface area contributed by atoms with Gasteiger partial charge in [0.1, 0.15) is 0 Å². The summed E-state index contributed by atoms with van der Waals surface area (Å²) in [4.78, 5) is 11.3. The number of carbonyl (C=O) groups is 1. The number of unbranched alkanes of at least 4 members (excludes halogenated alkanes) is 3. The first-order valence-electron chi connectivity index (χ1n) is 10.4. The van der Waals surface area contributed by atoms with Gasteiger partial charge in [0.05, 0.1) is 6.61 Å². The van der Waals surface area contributed by atoms with Crippen LogP contribution < -0.4 is 5.32 Å². The molecule has 0 spiro atoms. The van der Waals surface area contributed by atoms with Crippen molar-refractivity contribution in [1.82, 2.24) is 5.32 Å². The van der Waals surface area contributed by atoms with Crippen LogP contribution in [0.2, 0.25) is 0 Å². The highest BCUT2D eigenvalue weighted by Crippen LogP contribution is 2.22. The normalized spacial score (nSPS) is 14.0. The Morgan fingerprint density at radius 2 is 1.55 bits per heavy atom. The Labute approximate surface area is 173 Å². The van der Waals surface area contributed by atoms with Crippen LogP contribution in [0.3, 0.4) is 0 Å². The van der Waals surface area contributed by atoms with E-state index in [1.54, 1.807) is 0 Å². The van der Waals surface area contributed by atoms with Gasteiger partial charge in [0.25, 0.3) is 0 Å². The number of halogens is 3. The summed E-state index contributed by atoms with van der Waals surface area (Å²) in [5, 5.41) is 11.2. The highest BCUT2D eigenvalue weighted by molar-refractivity contribution is 5.75. The molecule has 0 aliphatic rings. The van der Waals surface area contributed by atoms with Crippen molar-refractivity contribution in [2.24, 2.45) is 5.92 Å². The lowest BCUT2D eigenvalue weighted by atomic mass is 10.1. The van der Waals surface area contributed by atoms with E-state index in [9.17, 15) is 18.0 Å². The molecule has 6 heteroatoms. The first kappa shape index (κ1) is 27.2. The molecule has 1 unspecified atom stereocenters. The van der Waals surface area contributed by atoms with Crippen molar-refractivity contribution in [2.75, 3.05) is 13.2 Å². The van der Waals surface area contributed by atoms with Crippen LogP contribution in [0.1, 0.15) is 64.7 Å². The number of hydrogen-bond acceptors (Lipinski definition) is 2. The maximum atomic E-state index is 12.0. The van der Waals surface area contributed by atoms with Gasteiger partial charge in [0.15, 0.2) is 0 Å². The summed E-state index contributed by atoms with van der Waals surface area (Å²) in [5.74, 6) is 0.255. The molecule has 1 amide bonds. The largest absolute Gasteiger partial charge is 0.395 e.